The van der Waals surface area contributed by atoms with Crippen LogP contribution in [0.1, 0.15) is 13.3 Å². The van der Waals surface area contributed by atoms with Gasteiger partial charge in [0.05, 0.1) is 11.6 Å². The minimum atomic E-state index is -0.0989. The summed E-state index contributed by atoms with van der Waals surface area (Å²) in [5.41, 5.74) is 0. The van der Waals surface area contributed by atoms with Gasteiger partial charge in [-0.2, -0.15) is 0 Å². The molecule has 1 N–H and O–H groups in total. The van der Waals surface area contributed by atoms with Gasteiger partial charge in [0.25, 0.3) is 0 Å². The van der Waals surface area contributed by atoms with E-state index >= 15 is 0 Å². The van der Waals surface area contributed by atoms with Crippen molar-refractivity contribution in [2.45, 2.75) is 17.0 Å². The van der Waals surface area contributed by atoms with Crippen LogP contribution >= 0.6 is 34.8 Å². The molecule has 2 nitrogen and oxygen atoms in total. The van der Waals surface area contributed by atoms with Crippen molar-refractivity contribution >= 4 is 39.8 Å². The molecule has 0 aromatic heterocycles. The SMILES string of the molecule is CC1(I)CC(=S)NCCO1. The average Bonchev–Trinajstić information content (AvgIpc) is 1.90. The topological polar surface area (TPSA) is 21.3 Å². The third-order valence-electron chi connectivity index (χ3n) is 1.30. The number of halogens is 1. The first-order valence-corrected chi connectivity index (χ1v) is 4.68. The third-order valence-corrected chi connectivity index (χ3v) is 2.29. The van der Waals surface area contributed by atoms with E-state index in [1.54, 1.807) is 0 Å². The molecule has 0 spiro atoms. The lowest BCUT2D eigenvalue weighted by atomic mass is 10.3. The number of alkyl halides is 1. The summed E-state index contributed by atoms with van der Waals surface area (Å²) in [5.74, 6) is 0. The van der Waals surface area contributed by atoms with Gasteiger partial charge >= 0.3 is 0 Å². The van der Waals surface area contributed by atoms with Gasteiger partial charge in [-0.25, -0.2) is 0 Å². The molecule has 0 saturated carbocycles. The number of ether oxygens (including phenoxy) is 1. The molecule has 0 bridgehead atoms. The summed E-state index contributed by atoms with van der Waals surface area (Å²) in [6.07, 6.45) is 0.822. The van der Waals surface area contributed by atoms with Crippen LogP contribution in [0, 0.1) is 0 Å². The van der Waals surface area contributed by atoms with Crippen LogP contribution in [0.4, 0.5) is 0 Å². The van der Waals surface area contributed by atoms with Crippen LogP contribution in [0.25, 0.3) is 0 Å². The van der Waals surface area contributed by atoms with Gasteiger partial charge in [-0.3, -0.25) is 0 Å². The molecule has 0 amide bonds. The maximum absolute atomic E-state index is 5.50. The molecule has 0 aromatic carbocycles. The molecule has 0 aliphatic carbocycles. The van der Waals surface area contributed by atoms with Crippen molar-refractivity contribution in [2.24, 2.45) is 0 Å². The van der Waals surface area contributed by atoms with E-state index in [9.17, 15) is 0 Å². The second-order valence-corrected chi connectivity index (χ2v) is 5.25. The van der Waals surface area contributed by atoms with E-state index in [2.05, 4.69) is 27.9 Å². The predicted octanol–water partition coefficient (Wildman–Crippen LogP) is 1.47. The van der Waals surface area contributed by atoms with E-state index in [1.165, 1.54) is 0 Å². The van der Waals surface area contributed by atoms with Crippen molar-refractivity contribution in [1.29, 1.82) is 0 Å². The lowest BCUT2D eigenvalue weighted by Gasteiger charge is -2.19. The molecule has 0 radical (unpaired) electrons. The summed E-state index contributed by atoms with van der Waals surface area (Å²) in [6, 6.07) is 0. The summed E-state index contributed by atoms with van der Waals surface area (Å²) in [4.78, 5) is 0.911. The summed E-state index contributed by atoms with van der Waals surface area (Å²) in [7, 11) is 0. The smallest absolute Gasteiger partial charge is 0.122 e. The van der Waals surface area contributed by atoms with Crippen LogP contribution in [0.2, 0.25) is 0 Å². The molecule has 4 heteroatoms. The molecule has 58 valence electrons. The molecular weight excluding hydrogens is 261 g/mol. The van der Waals surface area contributed by atoms with E-state index in [-0.39, 0.29) is 3.61 Å². The van der Waals surface area contributed by atoms with Gasteiger partial charge in [0, 0.05) is 13.0 Å². The highest BCUT2D eigenvalue weighted by molar-refractivity contribution is 14.1. The van der Waals surface area contributed by atoms with Crippen LogP contribution in [0.3, 0.4) is 0 Å². The molecule has 1 unspecified atom stereocenters. The Labute approximate surface area is 79.8 Å². The summed E-state index contributed by atoms with van der Waals surface area (Å²) in [5, 5.41) is 3.10. The Kier molecular flexibility index (Phi) is 2.88. The highest BCUT2D eigenvalue weighted by atomic mass is 127. The van der Waals surface area contributed by atoms with E-state index in [4.69, 9.17) is 17.0 Å². The minimum absolute atomic E-state index is 0.0989. The number of nitrogens with one attached hydrogen (secondary N) is 1. The molecule has 1 saturated heterocycles. The first kappa shape index (κ1) is 8.67. The Balaban J connectivity index is 2.54. The molecule has 1 fully saturated rings. The monoisotopic (exact) mass is 271 g/mol. The van der Waals surface area contributed by atoms with E-state index in [1.807, 2.05) is 6.92 Å². The van der Waals surface area contributed by atoms with E-state index in [0.29, 0.717) is 0 Å². The molecule has 10 heavy (non-hydrogen) atoms. The van der Waals surface area contributed by atoms with Gasteiger partial charge in [0.2, 0.25) is 0 Å². The molecular formula is C6H10INOS. The van der Waals surface area contributed by atoms with Crippen LogP contribution in [0.15, 0.2) is 0 Å². The van der Waals surface area contributed by atoms with Crippen LogP contribution in [-0.4, -0.2) is 21.7 Å². The fourth-order valence-corrected chi connectivity index (χ4v) is 2.09. The first-order chi connectivity index (χ1) is 4.60. The van der Waals surface area contributed by atoms with Crippen molar-refractivity contribution < 1.29 is 4.74 Å². The highest BCUT2D eigenvalue weighted by Crippen LogP contribution is 2.25. The summed E-state index contributed by atoms with van der Waals surface area (Å²) < 4.78 is 5.40. The number of rotatable bonds is 0. The standard InChI is InChI=1S/C6H10INOS/c1-6(7)4-5(10)8-2-3-9-6/h2-4H2,1H3,(H,8,10). The second kappa shape index (κ2) is 3.32. The molecule has 1 aliphatic rings. The Hall–Kier alpha value is 0.580. The number of thiocarbonyl (C=S) groups is 1. The van der Waals surface area contributed by atoms with E-state index < -0.39 is 0 Å². The van der Waals surface area contributed by atoms with E-state index in [0.717, 1.165) is 24.6 Å². The fourth-order valence-electron chi connectivity index (χ4n) is 0.855. The highest BCUT2D eigenvalue weighted by Gasteiger charge is 2.24. The van der Waals surface area contributed by atoms with Crippen LogP contribution in [-0.2, 0) is 4.74 Å². The maximum Gasteiger partial charge on any atom is 0.122 e. The van der Waals surface area contributed by atoms with Crippen LogP contribution in [0.5, 0.6) is 0 Å². The van der Waals surface area contributed by atoms with Crippen LogP contribution < -0.4 is 5.32 Å². The van der Waals surface area contributed by atoms with Gasteiger partial charge < -0.3 is 10.1 Å². The molecule has 1 atom stereocenters. The predicted molar refractivity (Wildman–Crippen MR) is 53.6 cm³/mol. The van der Waals surface area contributed by atoms with Gasteiger partial charge in [-0.1, -0.05) is 12.2 Å². The fraction of sp³-hybridized carbons (Fsp3) is 0.833. The van der Waals surface area contributed by atoms with Gasteiger partial charge in [-0.05, 0) is 29.5 Å². The van der Waals surface area contributed by atoms with Gasteiger partial charge in [0.1, 0.15) is 3.61 Å². The van der Waals surface area contributed by atoms with Crippen molar-refractivity contribution in [3.8, 4) is 0 Å². The molecule has 1 heterocycles. The maximum atomic E-state index is 5.50. The summed E-state index contributed by atoms with van der Waals surface area (Å²) >= 11 is 7.33. The van der Waals surface area contributed by atoms with Gasteiger partial charge in [0.15, 0.2) is 0 Å². The number of hydrogen-bond acceptors (Lipinski definition) is 2. The zero-order valence-corrected chi connectivity index (χ0v) is 8.79. The summed E-state index contributed by atoms with van der Waals surface area (Å²) in [6.45, 7) is 3.64. The first-order valence-electron chi connectivity index (χ1n) is 3.20. The van der Waals surface area contributed by atoms with Crippen molar-refractivity contribution in [2.75, 3.05) is 13.2 Å². The molecule has 1 rings (SSSR count). The zero-order valence-electron chi connectivity index (χ0n) is 5.82. The largest absolute Gasteiger partial charge is 0.377 e. The Morgan fingerprint density at radius 2 is 2.50 bits per heavy atom. The average molecular weight is 271 g/mol. The minimum Gasteiger partial charge on any atom is -0.377 e. The lowest BCUT2D eigenvalue weighted by Crippen LogP contribution is -2.24. The molecule has 1 aliphatic heterocycles. The third kappa shape index (κ3) is 2.67. The number of hydrogen-bond donors (Lipinski definition) is 1. The Morgan fingerprint density at radius 1 is 1.80 bits per heavy atom. The zero-order chi connectivity index (χ0) is 7.61. The van der Waals surface area contributed by atoms with Crippen molar-refractivity contribution in [1.82, 2.24) is 5.32 Å². The second-order valence-electron chi connectivity index (χ2n) is 2.48. The lowest BCUT2D eigenvalue weighted by molar-refractivity contribution is 0.0684. The normalized spacial score (nSPS) is 34.8. The van der Waals surface area contributed by atoms with Crippen molar-refractivity contribution in [3.63, 3.8) is 0 Å². The molecule has 0 aromatic rings. The van der Waals surface area contributed by atoms with Crippen molar-refractivity contribution in [3.05, 3.63) is 0 Å². The quantitative estimate of drug-likeness (QED) is 0.409. The Morgan fingerprint density at radius 3 is 3.20 bits per heavy atom. The van der Waals surface area contributed by atoms with Gasteiger partial charge in [-0.15, -0.1) is 0 Å². The Bertz CT molecular complexity index is 149.